The molecule has 1 aliphatic carbocycles. The van der Waals surface area contributed by atoms with E-state index < -0.39 is 11.3 Å². The fourth-order valence-corrected chi connectivity index (χ4v) is 4.27. The summed E-state index contributed by atoms with van der Waals surface area (Å²) < 4.78 is 42.1. The van der Waals surface area contributed by atoms with E-state index in [4.69, 9.17) is 0 Å². The van der Waals surface area contributed by atoms with E-state index in [9.17, 15) is 23.3 Å². The van der Waals surface area contributed by atoms with Gasteiger partial charge < -0.3 is 20.7 Å². The van der Waals surface area contributed by atoms with E-state index in [0.29, 0.717) is 25.0 Å². The van der Waals surface area contributed by atoms with E-state index in [-0.39, 0.29) is 35.3 Å². The molecule has 202 valence electrons. The summed E-state index contributed by atoms with van der Waals surface area (Å²) in [6, 6.07) is 6.05. The SMILES string of the molecule is O=[N+]([O-])c1cnc(NCc2ccccc2OC(F)(F)F)nc1NC[C@H]1CC[C@H](NCc2cncnc2)CC1. The van der Waals surface area contributed by atoms with Gasteiger partial charge in [-0.05, 0) is 37.7 Å². The quantitative estimate of drug-likeness (QED) is 0.240. The number of anilines is 2. The zero-order valence-electron chi connectivity index (χ0n) is 20.3. The molecule has 1 saturated carbocycles. The van der Waals surface area contributed by atoms with E-state index in [1.165, 1.54) is 24.5 Å². The maximum atomic E-state index is 12.7. The van der Waals surface area contributed by atoms with Crippen LogP contribution in [0.3, 0.4) is 0 Å². The van der Waals surface area contributed by atoms with Gasteiger partial charge in [0.2, 0.25) is 11.8 Å². The van der Waals surface area contributed by atoms with Crippen LogP contribution in [0, 0.1) is 16.0 Å². The van der Waals surface area contributed by atoms with Crippen molar-refractivity contribution in [1.29, 1.82) is 0 Å². The number of rotatable bonds is 11. The summed E-state index contributed by atoms with van der Waals surface area (Å²) >= 11 is 0. The molecule has 0 unspecified atom stereocenters. The molecule has 0 spiro atoms. The average molecular weight is 533 g/mol. The van der Waals surface area contributed by atoms with Crippen molar-refractivity contribution in [3.63, 3.8) is 0 Å². The molecule has 2 heterocycles. The minimum absolute atomic E-state index is 0.0395. The van der Waals surface area contributed by atoms with Gasteiger partial charge in [-0.1, -0.05) is 18.2 Å². The monoisotopic (exact) mass is 532 g/mol. The van der Waals surface area contributed by atoms with Gasteiger partial charge in [0.15, 0.2) is 0 Å². The van der Waals surface area contributed by atoms with Gasteiger partial charge in [-0.3, -0.25) is 10.1 Å². The third kappa shape index (κ3) is 7.96. The fraction of sp³-hybridized carbons (Fsp3) is 0.417. The number of para-hydroxylation sites is 1. The van der Waals surface area contributed by atoms with E-state index in [1.807, 2.05) is 0 Å². The molecule has 0 amide bonds. The standard InChI is InChI=1S/C24H27F3N8O3/c25-24(26,27)38-21-4-2-1-3-18(21)13-32-23-33-14-20(35(36)37)22(34-23)31-11-16-5-7-19(8-6-16)30-12-17-9-28-15-29-10-17/h1-4,9-10,14-16,19,30H,5-8,11-13H2,(H2,31,32,33,34)/t16-,19-. The Balaban J connectivity index is 1.31. The Labute approximate surface area is 216 Å². The number of hydrogen-bond donors (Lipinski definition) is 3. The first-order chi connectivity index (χ1) is 18.3. The Morgan fingerprint density at radius 2 is 1.76 bits per heavy atom. The minimum atomic E-state index is -4.83. The lowest BCUT2D eigenvalue weighted by Crippen LogP contribution is -2.34. The molecule has 38 heavy (non-hydrogen) atoms. The Morgan fingerprint density at radius 3 is 2.47 bits per heavy atom. The molecule has 3 N–H and O–H groups in total. The number of aromatic nitrogens is 4. The molecule has 2 aromatic heterocycles. The van der Waals surface area contributed by atoms with Crippen LogP contribution in [0.1, 0.15) is 36.8 Å². The summed E-state index contributed by atoms with van der Waals surface area (Å²) in [4.78, 5) is 27.1. The van der Waals surface area contributed by atoms with Crippen molar-refractivity contribution < 1.29 is 22.8 Å². The highest BCUT2D eigenvalue weighted by molar-refractivity contribution is 5.57. The third-order valence-corrected chi connectivity index (χ3v) is 6.22. The van der Waals surface area contributed by atoms with Gasteiger partial charge in [0.1, 0.15) is 18.3 Å². The van der Waals surface area contributed by atoms with Gasteiger partial charge in [0.25, 0.3) is 0 Å². The second-order valence-corrected chi connectivity index (χ2v) is 8.92. The summed E-state index contributed by atoms with van der Waals surface area (Å²) in [5.41, 5.74) is 0.969. The van der Waals surface area contributed by atoms with Crippen molar-refractivity contribution in [3.8, 4) is 5.75 Å². The minimum Gasteiger partial charge on any atom is -0.405 e. The predicted octanol–water partition coefficient (Wildman–Crippen LogP) is 4.45. The maximum Gasteiger partial charge on any atom is 0.573 e. The van der Waals surface area contributed by atoms with Crippen LogP contribution in [0.15, 0.2) is 49.2 Å². The predicted molar refractivity (Wildman–Crippen MR) is 132 cm³/mol. The lowest BCUT2D eigenvalue weighted by Gasteiger charge is -2.29. The first kappa shape index (κ1) is 27.0. The van der Waals surface area contributed by atoms with Crippen molar-refractivity contribution in [2.45, 2.75) is 51.2 Å². The van der Waals surface area contributed by atoms with Crippen LogP contribution in [0.5, 0.6) is 5.75 Å². The Morgan fingerprint density at radius 1 is 1.03 bits per heavy atom. The number of ether oxygens (including phenoxy) is 1. The molecule has 4 rings (SSSR count). The van der Waals surface area contributed by atoms with Gasteiger partial charge in [0, 0.05) is 49.2 Å². The molecule has 0 bridgehead atoms. The van der Waals surface area contributed by atoms with Crippen molar-refractivity contribution in [2.24, 2.45) is 5.92 Å². The third-order valence-electron chi connectivity index (χ3n) is 6.22. The lowest BCUT2D eigenvalue weighted by atomic mass is 9.86. The molecule has 0 atom stereocenters. The second kappa shape index (κ2) is 12.4. The van der Waals surface area contributed by atoms with E-state index >= 15 is 0 Å². The molecule has 3 aromatic rings. The highest BCUT2D eigenvalue weighted by atomic mass is 19.4. The number of hydrogen-bond acceptors (Lipinski definition) is 10. The van der Waals surface area contributed by atoms with Crippen molar-refractivity contribution in [3.05, 3.63) is 70.4 Å². The van der Waals surface area contributed by atoms with E-state index in [2.05, 4.69) is 40.6 Å². The van der Waals surface area contributed by atoms with Gasteiger partial charge in [-0.15, -0.1) is 13.2 Å². The average Bonchev–Trinajstić information content (AvgIpc) is 2.90. The summed E-state index contributed by atoms with van der Waals surface area (Å²) in [6.07, 6.45) is 5.12. The number of alkyl halides is 3. The smallest absolute Gasteiger partial charge is 0.405 e. The van der Waals surface area contributed by atoms with Gasteiger partial charge >= 0.3 is 12.0 Å². The molecule has 0 saturated heterocycles. The summed E-state index contributed by atoms with van der Waals surface area (Å²) in [7, 11) is 0. The highest BCUT2D eigenvalue weighted by Gasteiger charge is 2.32. The molecule has 11 nitrogen and oxygen atoms in total. The van der Waals surface area contributed by atoms with Crippen LogP contribution in [0.25, 0.3) is 0 Å². The van der Waals surface area contributed by atoms with Gasteiger partial charge in [0.05, 0.1) is 4.92 Å². The topological polar surface area (TPSA) is 140 Å². The van der Waals surface area contributed by atoms with Gasteiger partial charge in [-0.2, -0.15) is 4.98 Å². The molecule has 1 fully saturated rings. The molecule has 0 radical (unpaired) electrons. The van der Waals surface area contributed by atoms with E-state index in [0.717, 1.165) is 37.4 Å². The molecule has 1 aromatic carbocycles. The van der Waals surface area contributed by atoms with Crippen LogP contribution in [0.2, 0.25) is 0 Å². The lowest BCUT2D eigenvalue weighted by molar-refractivity contribution is -0.384. The van der Waals surface area contributed by atoms with E-state index in [1.54, 1.807) is 18.5 Å². The zero-order valence-corrected chi connectivity index (χ0v) is 20.3. The van der Waals surface area contributed by atoms with Crippen LogP contribution < -0.4 is 20.7 Å². The number of halogens is 3. The maximum absolute atomic E-state index is 12.7. The molecule has 1 aliphatic rings. The summed E-state index contributed by atoms with van der Waals surface area (Å²) in [5.74, 6) is 0.0507. The summed E-state index contributed by atoms with van der Waals surface area (Å²) in [6.45, 7) is 1.12. The van der Waals surface area contributed by atoms with Crippen LogP contribution in [-0.4, -0.2) is 43.8 Å². The normalized spacial score (nSPS) is 17.6. The summed E-state index contributed by atoms with van der Waals surface area (Å²) in [5, 5.41) is 20.9. The van der Waals surface area contributed by atoms with Crippen LogP contribution in [-0.2, 0) is 13.1 Å². The Bertz CT molecular complexity index is 1210. The molecular formula is C24H27F3N8O3. The van der Waals surface area contributed by atoms with Crippen molar-refractivity contribution >= 4 is 17.5 Å². The highest BCUT2D eigenvalue weighted by Crippen LogP contribution is 2.29. The molecular weight excluding hydrogens is 505 g/mol. The molecule has 0 aliphatic heterocycles. The Kier molecular flexibility index (Phi) is 8.84. The zero-order chi connectivity index (χ0) is 27.0. The largest absolute Gasteiger partial charge is 0.573 e. The number of benzene rings is 1. The van der Waals surface area contributed by atoms with Crippen LogP contribution in [0.4, 0.5) is 30.6 Å². The molecule has 14 heteroatoms. The number of nitrogens with zero attached hydrogens (tertiary/aromatic N) is 5. The Hall–Kier alpha value is -4.07. The van der Waals surface area contributed by atoms with Crippen LogP contribution >= 0.6 is 0 Å². The number of nitro groups is 1. The first-order valence-electron chi connectivity index (χ1n) is 12.1. The number of nitrogens with one attached hydrogen (secondary N) is 3. The second-order valence-electron chi connectivity index (χ2n) is 8.92. The van der Waals surface area contributed by atoms with Gasteiger partial charge in [-0.25, -0.2) is 15.0 Å². The van der Waals surface area contributed by atoms with Crippen molar-refractivity contribution in [1.82, 2.24) is 25.3 Å². The first-order valence-corrected chi connectivity index (χ1v) is 12.1. The fourth-order valence-electron chi connectivity index (χ4n) is 4.27. The van der Waals surface area contributed by atoms with Crippen molar-refractivity contribution in [2.75, 3.05) is 17.2 Å².